The van der Waals surface area contributed by atoms with Gasteiger partial charge in [0.15, 0.2) is 29.4 Å². The van der Waals surface area contributed by atoms with Crippen LogP contribution >= 0.6 is 0 Å². The minimum Gasteiger partial charge on any atom is -0.508 e. The first-order valence-electron chi connectivity index (χ1n) is 14.5. The van der Waals surface area contributed by atoms with Crippen LogP contribution in [0.5, 0.6) is 11.5 Å². The molecule has 0 saturated heterocycles. The predicted molar refractivity (Wildman–Crippen MR) is 178 cm³/mol. The van der Waals surface area contributed by atoms with E-state index in [1.165, 1.54) is 34.9 Å². The van der Waals surface area contributed by atoms with Crippen LogP contribution in [0, 0.1) is 0 Å². The topological polar surface area (TPSA) is 29.5 Å². The highest BCUT2D eigenvalue weighted by Gasteiger charge is 2.29. The van der Waals surface area contributed by atoms with E-state index in [2.05, 4.69) is 140 Å². The van der Waals surface area contributed by atoms with Crippen LogP contribution in [0.25, 0.3) is 0 Å². The number of aromatic hydroxyl groups is 1. The Morgan fingerprint density at radius 3 is 1.42 bits per heavy atom. The first kappa shape index (κ1) is 28.7. The minimum atomic E-state index is -0.246. The highest BCUT2D eigenvalue weighted by atomic mass is 32.2. The Morgan fingerprint density at radius 1 is 0.442 bits per heavy atom. The van der Waals surface area contributed by atoms with Crippen molar-refractivity contribution in [3.63, 3.8) is 0 Å². The van der Waals surface area contributed by atoms with Crippen molar-refractivity contribution < 1.29 is 9.84 Å². The minimum absolute atomic E-state index is 0.158. The molecule has 0 heterocycles. The summed E-state index contributed by atoms with van der Waals surface area (Å²) in [4.78, 5) is 7.63. The van der Waals surface area contributed by atoms with Crippen LogP contribution < -0.4 is 4.74 Å². The van der Waals surface area contributed by atoms with E-state index in [1.54, 1.807) is 12.1 Å². The molecule has 0 aromatic heterocycles. The molecule has 0 amide bonds. The zero-order valence-corrected chi connectivity index (χ0v) is 25.5. The molecule has 43 heavy (non-hydrogen) atoms. The molecule has 0 aliphatic heterocycles. The highest BCUT2D eigenvalue weighted by Crippen LogP contribution is 2.33. The summed E-state index contributed by atoms with van der Waals surface area (Å²) in [6, 6.07) is 57.2. The monoisotopic (exact) mass is 598 g/mol. The summed E-state index contributed by atoms with van der Waals surface area (Å²) >= 11 is 0. The van der Waals surface area contributed by atoms with Crippen molar-refractivity contribution in [1.82, 2.24) is 0 Å². The maximum absolute atomic E-state index is 9.85. The maximum Gasteiger partial charge on any atom is 0.166 e. The first-order chi connectivity index (χ1) is 21.2. The fourth-order valence-electron chi connectivity index (χ4n) is 5.03. The number of ether oxygens (including phenoxy) is 1. The maximum atomic E-state index is 9.85. The van der Waals surface area contributed by atoms with Crippen LogP contribution in [-0.2, 0) is 28.2 Å². The smallest absolute Gasteiger partial charge is 0.166 e. The fourth-order valence-corrected chi connectivity index (χ4v) is 9.26. The molecule has 0 aliphatic carbocycles. The molecule has 0 saturated carbocycles. The van der Waals surface area contributed by atoms with Gasteiger partial charge in [-0.15, -0.1) is 0 Å². The molecule has 6 rings (SSSR count). The van der Waals surface area contributed by atoms with Gasteiger partial charge in [-0.2, -0.15) is 0 Å². The van der Waals surface area contributed by atoms with E-state index in [4.69, 9.17) is 4.74 Å². The van der Waals surface area contributed by atoms with Gasteiger partial charge in [0.05, 0.1) is 28.4 Å². The average Bonchev–Trinajstić information content (AvgIpc) is 3.07. The molecule has 1 atom stereocenters. The number of benzene rings is 6. The Labute approximate surface area is 260 Å². The number of phenols is 1. The van der Waals surface area contributed by atoms with Crippen molar-refractivity contribution in [2.75, 3.05) is 6.61 Å². The Kier molecular flexibility index (Phi) is 9.48. The van der Waals surface area contributed by atoms with Crippen LogP contribution in [0.2, 0.25) is 0 Å². The van der Waals surface area contributed by atoms with E-state index in [0.717, 1.165) is 18.6 Å². The molecule has 4 heteroatoms. The summed E-state index contributed by atoms with van der Waals surface area (Å²) in [6.45, 7) is 0.662. The molecule has 6 aromatic carbocycles. The molecule has 212 valence electrons. The molecule has 1 N–H and O–H groups in total. The number of aryl methyl sites for hydroxylation is 1. The van der Waals surface area contributed by atoms with Gasteiger partial charge in [0.2, 0.25) is 0 Å². The summed E-state index contributed by atoms with van der Waals surface area (Å²) in [5.41, 5.74) is 1.30. The number of hydrogen-bond donors (Lipinski definition) is 1. The third-order valence-electron chi connectivity index (χ3n) is 7.08. The number of phenolic OH excluding ortho intramolecular Hbond substituents is 1. The molecule has 0 radical (unpaired) electrons. The Bertz CT molecular complexity index is 1670. The van der Waals surface area contributed by atoms with Crippen LogP contribution in [0.4, 0.5) is 0 Å². The molecule has 0 aliphatic rings. The van der Waals surface area contributed by atoms with Crippen molar-refractivity contribution in [3.8, 4) is 11.5 Å². The lowest BCUT2D eigenvalue weighted by atomic mass is 10.1. The first-order valence-corrected chi connectivity index (χ1v) is 16.9. The zero-order valence-electron chi connectivity index (χ0n) is 23.9. The van der Waals surface area contributed by atoms with Crippen LogP contribution in [0.1, 0.15) is 12.0 Å². The van der Waals surface area contributed by atoms with Gasteiger partial charge >= 0.3 is 0 Å². The molecule has 1 unspecified atom stereocenters. The molecular weight excluding hydrogens is 565 g/mol. The lowest BCUT2D eigenvalue weighted by molar-refractivity contribution is 0.311. The second-order valence-corrected chi connectivity index (χ2v) is 14.2. The van der Waals surface area contributed by atoms with E-state index in [1.807, 2.05) is 12.1 Å². The Morgan fingerprint density at radius 2 is 0.884 bits per heavy atom. The van der Waals surface area contributed by atoms with E-state index < -0.39 is 0 Å². The number of hydrogen-bond acceptors (Lipinski definition) is 2. The van der Waals surface area contributed by atoms with Crippen LogP contribution in [0.3, 0.4) is 0 Å². The molecule has 0 bridgehead atoms. The molecule has 2 nitrogen and oxygen atoms in total. The molecule has 6 aromatic rings. The lowest BCUT2D eigenvalue weighted by Gasteiger charge is -2.11. The van der Waals surface area contributed by atoms with Gasteiger partial charge in [-0.1, -0.05) is 66.7 Å². The van der Waals surface area contributed by atoms with Crippen molar-refractivity contribution >= 4 is 21.8 Å². The van der Waals surface area contributed by atoms with Gasteiger partial charge in [-0.05, 0) is 115 Å². The quantitative estimate of drug-likeness (QED) is 0.119. The fraction of sp³-hybridized carbons (Fsp3) is 0.0769. The van der Waals surface area contributed by atoms with E-state index >= 15 is 0 Å². The summed E-state index contributed by atoms with van der Waals surface area (Å²) in [6.07, 6.45) is 1.88. The van der Waals surface area contributed by atoms with E-state index in [9.17, 15) is 5.11 Å². The summed E-state index contributed by atoms with van der Waals surface area (Å²) in [5.74, 6) is 1.19. The van der Waals surface area contributed by atoms with Crippen LogP contribution in [-0.4, -0.2) is 11.7 Å². The zero-order chi connectivity index (χ0) is 29.3. The van der Waals surface area contributed by atoms with Gasteiger partial charge < -0.3 is 9.84 Å². The van der Waals surface area contributed by atoms with Gasteiger partial charge in [-0.3, -0.25) is 0 Å². The van der Waals surface area contributed by atoms with Crippen LogP contribution in [0.15, 0.2) is 193 Å². The lowest BCUT2D eigenvalue weighted by Crippen LogP contribution is -2.06. The molecular formula is C39H34O2S2+2. The van der Waals surface area contributed by atoms with E-state index in [-0.39, 0.29) is 27.5 Å². The molecule has 0 spiro atoms. The normalized spacial score (nSPS) is 11.7. The summed E-state index contributed by atoms with van der Waals surface area (Å²) < 4.78 is 6.18. The molecule has 0 fully saturated rings. The largest absolute Gasteiger partial charge is 0.508 e. The third-order valence-corrected chi connectivity index (χ3v) is 11.5. The van der Waals surface area contributed by atoms with Gasteiger partial charge in [0.25, 0.3) is 0 Å². The van der Waals surface area contributed by atoms with Crippen molar-refractivity contribution in [1.29, 1.82) is 0 Å². The van der Waals surface area contributed by atoms with Crippen molar-refractivity contribution in [2.45, 2.75) is 42.2 Å². The van der Waals surface area contributed by atoms with Crippen molar-refractivity contribution in [3.05, 3.63) is 169 Å². The number of rotatable bonds is 11. The second kappa shape index (κ2) is 14.2. The summed E-state index contributed by atoms with van der Waals surface area (Å²) in [5, 5.41) is 9.85. The predicted octanol–water partition coefficient (Wildman–Crippen LogP) is 9.59. The van der Waals surface area contributed by atoms with Crippen molar-refractivity contribution in [2.24, 2.45) is 0 Å². The third kappa shape index (κ3) is 7.34. The van der Waals surface area contributed by atoms with Gasteiger partial charge in [0, 0.05) is 0 Å². The van der Waals surface area contributed by atoms with Gasteiger partial charge in [0.1, 0.15) is 11.5 Å². The summed E-state index contributed by atoms with van der Waals surface area (Å²) in [7, 11) is -0.404. The average molecular weight is 599 g/mol. The van der Waals surface area contributed by atoms with E-state index in [0.29, 0.717) is 6.61 Å². The standard InChI is InChI=1S/C39H33O2S2/c40-32-21-25-37(26-22-32)43(36-18-8-3-9-19-36)39-20-10-12-31(30-39)13-11-29-41-33-23-27-38(28-24-33)42(34-14-4-1-5-15-34)35-16-6-2-7-17-35/h1-10,12,14-28,30H,11,13,29H2/q+1/p+1. The van der Waals surface area contributed by atoms with Gasteiger partial charge in [-0.25, -0.2) is 0 Å². The Balaban J connectivity index is 1.11. The highest BCUT2D eigenvalue weighted by molar-refractivity contribution is 7.97. The Hall–Kier alpha value is -4.38. The SMILES string of the molecule is Oc1ccc([S+](c2ccccc2)c2cccc(CCCOc3ccc([S+](c4ccccc4)c4ccccc4)cc3)c2)cc1. The second-order valence-electron chi connectivity index (χ2n) is 10.1.